The lowest BCUT2D eigenvalue weighted by atomic mass is 10.1. The molecule has 0 amide bonds. The van der Waals surface area contributed by atoms with Crippen LogP contribution in [0.2, 0.25) is 0 Å². The molecule has 1 N–H and O–H groups in total. The predicted molar refractivity (Wildman–Crippen MR) is 48.0 cm³/mol. The Balaban J connectivity index is 2.03. The van der Waals surface area contributed by atoms with Crippen LogP contribution in [-0.4, -0.2) is 19.5 Å². The number of morpholine rings is 1. The molecule has 2 atom stereocenters. The largest absolute Gasteiger partial charge is 0.345 e. The Morgan fingerprint density at radius 2 is 2.08 bits per heavy atom. The zero-order chi connectivity index (χ0) is 9.10. The molecule has 0 saturated carbocycles. The van der Waals surface area contributed by atoms with Gasteiger partial charge in [-0.25, -0.2) is 4.39 Å². The van der Waals surface area contributed by atoms with Crippen molar-refractivity contribution in [2.75, 3.05) is 13.2 Å². The van der Waals surface area contributed by atoms with Gasteiger partial charge < -0.3 is 10.1 Å². The molecule has 1 aromatic rings. The van der Waals surface area contributed by atoms with E-state index in [2.05, 4.69) is 5.32 Å². The minimum absolute atomic E-state index is 0.133. The standard InChI is InChI=1S/C10H12FNO/c11-10-6-12-9(7-13-10)8-4-2-1-3-5-8/h1-5,9-10,12H,6-7H2. The van der Waals surface area contributed by atoms with E-state index in [0.717, 1.165) is 5.56 Å². The van der Waals surface area contributed by atoms with Gasteiger partial charge in [-0.1, -0.05) is 30.3 Å². The molecule has 0 aliphatic carbocycles. The van der Waals surface area contributed by atoms with Gasteiger partial charge in [-0.05, 0) is 5.56 Å². The van der Waals surface area contributed by atoms with Crippen LogP contribution in [0.15, 0.2) is 30.3 Å². The maximum absolute atomic E-state index is 12.6. The number of nitrogens with one attached hydrogen (secondary N) is 1. The van der Waals surface area contributed by atoms with E-state index in [-0.39, 0.29) is 12.6 Å². The summed E-state index contributed by atoms with van der Waals surface area (Å²) < 4.78 is 17.5. The molecular weight excluding hydrogens is 169 g/mol. The van der Waals surface area contributed by atoms with Crippen molar-refractivity contribution in [2.24, 2.45) is 0 Å². The maximum atomic E-state index is 12.6. The van der Waals surface area contributed by atoms with E-state index in [9.17, 15) is 4.39 Å². The summed E-state index contributed by atoms with van der Waals surface area (Å²) >= 11 is 0. The highest BCUT2D eigenvalue weighted by Gasteiger charge is 2.20. The van der Waals surface area contributed by atoms with Crippen molar-refractivity contribution in [3.8, 4) is 0 Å². The van der Waals surface area contributed by atoms with Crippen LogP contribution >= 0.6 is 0 Å². The fourth-order valence-corrected chi connectivity index (χ4v) is 1.45. The quantitative estimate of drug-likeness (QED) is 0.711. The molecule has 1 saturated heterocycles. The van der Waals surface area contributed by atoms with Crippen LogP contribution in [0.4, 0.5) is 4.39 Å². The van der Waals surface area contributed by atoms with Crippen molar-refractivity contribution in [1.82, 2.24) is 5.32 Å². The van der Waals surface area contributed by atoms with Crippen molar-refractivity contribution in [3.63, 3.8) is 0 Å². The second-order valence-corrected chi connectivity index (χ2v) is 3.11. The molecular formula is C10H12FNO. The lowest BCUT2D eigenvalue weighted by molar-refractivity contribution is -0.0736. The molecule has 70 valence electrons. The van der Waals surface area contributed by atoms with E-state index in [0.29, 0.717) is 6.61 Å². The highest BCUT2D eigenvalue weighted by molar-refractivity contribution is 5.19. The summed E-state index contributed by atoms with van der Waals surface area (Å²) in [5.74, 6) is 0. The first-order valence-electron chi connectivity index (χ1n) is 4.40. The fourth-order valence-electron chi connectivity index (χ4n) is 1.45. The van der Waals surface area contributed by atoms with E-state index in [4.69, 9.17) is 4.74 Å². The summed E-state index contributed by atoms with van der Waals surface area (Å²) in [5.41, 5.74) is 1.15. The lowest BCUT2D eigenvalue weighted by Gasteiger charge is -2.26. The number of halogens is 1. The molecule has 3 heteroatoms. The third-order valence-electron chi connectivity index (χ3n) is 2.17. The molecule has 0 aromatic heterocycles. The average molecular weight is 181 g/mol. The fraction of sp³-hybridized carbons (Fsp3) is 0.400. The van der Waals surface area contributed by atoms with Crippen LogP contribution in [0.25, 0.3) is 0 Å². The van der Waals surface area contributed by atoms with Gasteiger partial charge in [-0.2, -0.15) is 0 Å². The smallest absolute Gasteiger partial charge is 0.211 e. The summed E-state index contributed by atoms with van der Waals surface area (Å²) in [5, 5.41) is 3.09. The number of hydrogen-bond acceptors (Lipinski definition) is 2. The van der Waals surface area contributed by atoms with Gasteiger partial charge in [0.05, 0.1) is 19.2 Å². The molecule has 2 rings (SSSR count). The van der Waals surface area contributed by atoms with E-state index < -0.39 is 6.36 Å². The van der Waals surface area contributed by atoms with Gasteiger partial charge >= 0.3 is 0 Å². The lowest BCUT2D eigenvalue weighted by Crippen LogP contribution is -2.38. The van der Waals surface area contributed by atoms with Crippen LogP contribution in [0.5, 0.6) is 0 Å². The number of rotatable bonds is 1. The van der Waals surface area contributed by atoms with Crippen LogP contribution < -0.4 is 5.32 Å². The van der Waals surface area contributed by atoms with Gasteiger partial charge in [0.15, 0.2) is 0 Å². The third kappa shape index (κ3) is 2.05. The monoisotopic (exact) mass is 181 g/mol. The first kappa shape index (κ1) is 8.66. The van der Waals surface area contributed by atoms with Gasteiger partial charge in [-0.3, -0.25) is 0 Å². The third-order valence-corrected chi connectivity index (χ3v) is 2.17. The molecule has 1 heterocycles. The average Bonchev–Trinajstić information content (AvgIpc) is 2.20. The Labute approximate surface area is 76.7 Å². The topological polar surface area (TPSA) is 21.3 Å². The zero-order valence-corrected chi connectivity index (χ0v) is 7.24. The minimum atomic E-state index is -1.15. The van der Waals surface area contributed by atoms with Gasteiger partial charge in [0.1, 0.15) is 0 Å². The first-order valence-corrected chi connectivity index (χ1v) is 4.40. The second-order valence-electron chi connectivity index (χ2n) is 3.11. The molecule has 1 aliphatic heterocycles. The predicted octanol–water partition coefficient (Wildman–Crippen LogP) is 1.64. The summed E-state index contributed by atoms with van der Waals surface area (Å²) in [6, 6.07) is 10.1. The van der Waals surface area contributed by atoms with E-state index in [1.54, 1.807) is 0 Å². The Kier molecular flexibility index (Phi) is 2.57. The molecule has 13 heavy (non-hydrogen) atoms. The Hall–Kier alpha value is -0.930. The molecule has 0 bridgehead atoms. The van der Waals surface area contributed by atoms with Crippen molar-refractivity contribution in [2.45, 2.75) is 12.4 Å². The molecule has 0 spiro atoms. The van der Waals surface area contributed by atoms with Crippen LogP contribution in [0, 0.1) is 0 Å². The number of alkyl halides is 1. The van der Waals surface area contributed by atoms with Crippen molar-refractivity contribution in [1.29, 1.82) is 0 Å². The summed E-state index contributed by atoms with van der Waals surface area (Å²) in [6.07, 6.45) is -1.15. The number of benzene rings is 1. The Morgan fingerprint density at radius 1 is 1.31 bits per heavy atom. The normalized spacial score (nSPS) is 28.7. The van der Waals surface area contributed by atoms with Crippen molar-refractivity contribution in [3.05, 3.63) is 35.9 Å². The van der Waals surface area contributed by atoms with E-state index >= 15 is 0 Å². The molecule has 2 unspecified atom stereocenters. The van der Waals surface area contributed by atoms with Crippen LogP contribution in [-0.2, 0) is 4.74 Å². The van der Waals surface area contributed by atoms with Crippen LogP contribution in [0.3, 0.4) is 0 Å². The molecule has 1 aliphatic rings. The van der Waals surface area contributed by atoms with E-state index in [1.165, 1.54) is 0 Å². The summed E-state index contributed by atoms with van der Waals surface area (Å²) in [7, 11) is 0. The van der Waals surface area contributed by atoms with Gasteiger partial charge in [0.25, 0.3) is 0 Å². The summed E-state index contributed by atoms with van der Waals surface area (Å²) in [4.78, 5) is 0. The van der Waals surface area contributed by atoms with Crippen molar-refractivity contribution >= 4 is 0 Å². The zero-order valence-electron chi connectivity index (χ0n) is 7.24. The Morgan fingerprint density at radius 3 is 2.69 bits per heavy atom. The highest BCUT2D eigenvalue weighted by atomic mass is 19.1. The van der Waals surface area contributed by atoms with Gasteiger partial charge in [0.2, 0.25) is 6.36 Å². The number of ether oxygens (including phenoxy) is 1. The SMILES string of the molecule is FC1CNC(c2ccccc2)CO1. The molecule has 1 fully saturated rings. The molecule has 0 radical (unpaired) electrons. The number of hydrogen-bond donors (Lipinski definition) is 1. The maximum Gasteiger partial charge on any atom is 0.211 e. The highest BCUT2D eigenvalue weighted by Crippen LogP contribution is 2.17. The second kappa shape index (κ2) is 3.85. The molecule has 2 nitrogen and oxygen atoms in total. The van der Waals surface area contributed by atoms with Crippen LogP contribution in [0.1, 0.15) is 11.6 Å². The van der Waals surface area contributed by atoms with Gasteiger partial charge in [-0.15, -0.1) is 0 Å². The Bertz CT molecular complexity index is 257. The van der Waals surface area contributed by atoms with E-state index in [1.807, 2.05) is 30.3 Å². The molecule has 1 aromatic carbocycles. The van der Waals surface area contributed by atoms with Gasteiger partial charge in [0, 0.05) is 0 Å². The summed E-state index contributed by atoms with van der Waals surface area (Å²) in [6.45, 7) is 0.685. The van der Waals surface area contributed by atoms with Crippen molar-refractivity contribution < 1.29 is 9.13 Å². The minimum Gasteiger partial charge on any atom is -0.345 e. The first-order chi connectivity index (χ1) is 6.36.